The van der Waals surface area contributed by atoms with Gasteiger partial charge >= 0.3 is 0 Å². The summed E-state index contributed by atoms with van der Waals surface area (Å²) in [6, 6.07) is 14.8. The van der Waals surface area contributed by atoms with Crippen LogP contribution in [0.4, 0.5) is 5.69 Å². The summed E-state index contributed by atoms with van der Waals surface area (Å²) in [5, 5.41) is 0.992. The summed E-state index contributed by atoms with van der Waals surface area (Å²) in [5.41, 5.74) is 1.85. The third-order valence-electron chi connectivity index (χ3n) is 3.94. The molecule has 134 valence electrons. The van der Waals surface area contributed by atoms with Crippen LogP contribution in [0.5, 0.6) is 5.75 Å². The molecule has 0 saturated heterocycles. The lowest BCUT2D eigenvalue weighted by molar-refractivity contribution is 0.115. The zero-order valence-corrected chi connectivity index (χ0v) is 15.4. The van der Waals surface area contributed by atoms with Crippen molar-refractivity contribution in [1.82, 2.24) is 0 Å². The number of benzene rings is 2. The molecule has 0 unspecified atom stereocenters. The van der Waals surface area contributed by atoms with E-state index in [1.165, 1.54) is 0 Å². The van der Waals surface area contributed by atoms with Gasteiger partial charge in [0.25, 0.3) is 0 Å². The second kappa shape index (κ2) is 5.60. The number of sulfonamides is 1. The summed E-state index contributed by atoms with van der Waals surface area (Å²) in [4.78, 5) is 4.69. The molecule has 0 amide bonds. The van der Waals surface area contributed by atoms with Gasteiger partial charge in [-0.15, -0.1) is 0 Å². The maximum atomic E-state index is 11.5. The van der Waals surface area contributed by atoms with Gasteiger partial charge in [0.1, 0.15) is 17.0 Å². The monoisotopic (exact) mass is 370 g/mol. The highest BCUT2D eigenvalue weighted by Crippen LogP contribution is 2.36. The van der Waals surface area contributed by atoms with Crippen molar-refractivity contribution < 1.29 is 17.6 Å². The Labute approximate surface area is 151 Å². The first-order valence-electron chi connectivity index (χ1n) is 8.10. The standard InChI is InChI=1S/C19H18N2O4S/c1-19(2)20-18(17-10-12-6-4-5-7-15(12)24-17)14-9-8-13(11-16(14)25-19)21-26(3,22)23/h4-11,21H,1-3H3. The fraction of sp³-hybridized carbons (Fsp3) is 0.211. The number of anilines is 1. The molecular weight excluding hydrogens is 352 g/mol. The fourth-order valence-electron chi connectivity index (χ4n) is 2.99. The van der Waals surface area contributed by atoms with Gasteiger partial charge in [0, 0.05) is 17.0 Å². The van der Waals surface area contributed by atoms with Gasteiger partial charge < -0.3 is 9.15 Å². The van der Waals surface area contributed by atoms with Crippen LogP contribution in [-0.4, -0.2) is 26.1 Å². The van der Waals surface area contributed by atoms with E-state index in [9.17, 15) is 8.42 Å². The van der Waals surface area contributed by atoms with Gasteiger partial charge in [-0.25, -0.2) is 13.4 Å². The summed E-state index contributed by atoms with van der Waals surface area (Å²) in [6.07, 6.45) is 1.11. The minimum absolute atomic E-state index is 0.438. The quantitative estimate of drug-likeness (QED) is 0.761. The van der Waals surface area contributed by atoms with E-state index in [2.05, 4.69) is 9.71 Å². The Morgan fingerprint density at radius 3 is 2.58 bits per heavy atom. The van der Waals surface area contributed by atoms with Gasteiger partial charge in [0.05, 0.1) is 11.9 Å². The van der Waals surface area contributed by atoms with E-state index in [-0.39, 0.29) is 0 Å². The molecule has 2 aromatic carbocycles. The lowest BCUT2D eigenvalue weighted by Crippen LogP contribution is -2.32. The first-order valence-corrected chi connectivity index (χ1v) is 9.99. The highest BCUT2D eigenvalue weighted by molar-refractivity contribution is 7.92. The van der Waals surface area contributed by atoms with Gasteiger partial charge in [0.15, 0.2) is 11.5 Å². The van der Waals surface area contributed by atoms with Crippen LogP contribution >= 0.6 is 0 Å². The zero-order valence-electron chi connectivity index (χ0n) is 14.6. The highest BCUT2D eigenvalue weighted by atomic mass is 32.2. The van der Waals surface area contributed by atoms with Crippen molar-refractivity contribution in [1.29, 1.82) is 0 Å². The van der Waals surface area contributed by atoms with E-state index in [0.717, 1.165) is 22.8 Å². The maximum absolute atomic E-state index is 11.5. The fourth-order valence-corrected chi connectivity index (χ4v) is 3.54. The molecule has 1 aliphatic rings. The molecule has 4 rings (SSSR count). The molecule has 0 aliphatic carbocycles. The first kappa shape index (κ1) is 16.7. The molecular formula is C19H18N2O4S. The summed E-state index contributed by atoms with van der Waals surface area (Å²) >= 11 is 0. The molecule has 7 heteroatoms. The van der Waals surface area contributed by atoms with Crippen molar-refractivity contribution in [3.05, 3.63) is 59.9 Å². The molecule has 0 saturated carbocycles. The molecule has 26 heavy (non-hydrogen) atoms. The molecule has 0 radical (unpaired) electrons. The average Bonchev–Trinajstić information content (AvgIpc) is 2.95. The Balaban J connectivity index is 1.84. The smallest absolute Gasteiger partial charge is 0.229 e. The second-order valence-electron chi connectivity index (χ2n) is 6.74. The number of fused-ring (bicyclic) bond motifs is 2. The Bertz CT molecular complexity index is 1110. The van der Waals surface area contributed by atoms with Gasteiger partial charge in [-0.2, -0.15) is 0 Å². The van der Waals surface area contributed by atoms with Gasteiger partial charge in [-0.05, 0) is 38.1 Å². The van der Waals surface area contributed by atoms with Crippen LogP contribution < -0.4 is 9.46 Å². The summed E-state index contributed by atoms with van der Waals surface area (Å²) in [5.74, 6) is 1.20. The molecule has 2 heterocycles. The third kappa shape index (κ3) is 3.17. The van der Waals surface area contributed by atoms with Crippen molar-refractivity contribution in [3.8, 4) is 5.75 Å². The Morgan fingerprint density at radius 1 is 1.08 bits per heavy atom. The number of nitrogens with zero attached hydrogens (tertiary/aromatic N) is 1. The molecule has 3 aromatic rings. The molecule has 1 N–H and O–H groups in total. The van der Waals surface area contributed by atoms with Gasteiger partial charge in [-0.3, -0.25) is 4.72 Å². The normalized spacial score (nSPS) is 15.9. The number of furan rings is 1. The number of hydrogen-bond donors (Lipinski definition) is 1. The Kier molecular flexibility index (Phi) is 3.59. The summed E-state index contributed by atoms with van der Waals surface area (Å²) in [6.45, 7) is 3.69. The minimum Gasteiger partial charge on any atom is -0.466 e. The third-order valence-corrected chi connectivity index (χ3v) is 4.55. The van der Waals surface area contributed by atoms with Gasteiger partial charge in [-0.1, -0.05) is 18.2 Å². The molecule has 0 spiro atoms. The van der Waals surface area contributed by atoms with E-state index in [1.54, 1.807) is 18.2 Å². The first-order chi connectivity index (χ1) is 12.2. The predicted octanol–water partition coefficient (Wildman–Crippen LogP) is 3.77. The van der Waals surface area contributed by atoms with Crippen molar-refractivity contribution in [2.75, 3.05) is 11.0 Å². The van der Waals surface area contributed by atoms with Crippen LogP contribution in [0.15, 0.2) is 57.9 Å². The van der Waals surface area contributed by atoms with E-state index in [0.29, 0.717) is 22.9 Å². The average molecular weight is 370 g/mol. The topological polar surface area (TPSA) is 80.9 Å². The lowest BCUT2D eigenvalue weighted by atomic mass is 10.0. The van der Waals surface area contributed by atoms with Crippen LogP contribution in [0.1, 0.15) is 25.2 Å². The zero-order chi connectivity index (χ0) is 18.5. The molecule has 0 bridgehead atoms. The van der Waals surface area contributed by atoms with E-state index >= 15 is 0 Å². The second-order valence-corrected chi connectivity index (χ2v) is 8.49. The van der Waals surface area contributed by atoms with Crippen LogP contribution in [0.2, 0.25) is 0 Å². The van der Waals surface area contributed by atoms with Crippen molar-refractivity contribution >= 4 is 32.4 Å². The Morgan fingerprint density at radius 2 is 1.85 bits per heavy atom. The van der Waals surface area contributed by atoms with E-state index in [1.807, 2.05) is 44.2 Å². The van der Waals surface area contributed by atoms with Gasteiger partial charge in [0.2, 0.25) is 10.0 Å². The van der Waals surface area contributed by atoms with Crippen LogP contribution in [0, 0.1) is 0 Å². The maximum Gasteiger partial charge on any atom is 0.229 e. The number of para-hydroxylation sites is 1. The lowest BCUT2D eigenvalue weighted by Gasteiger charge is -2.29. The molecule has 1 aromatic heterocycles. The van der Waals surface area contributed by atoms with Crippen LogP contribution in [0.3, 0.4) is 0 Å². The summed E-state index contributed by atoms with van der Waals surface area (Å²) < 4.78 is 37.4. The molecule has 0 atom stereocenters. The van der Waals surface area contributed by atoms with Crippen molar-refractivity contribution in [2.24, 2.45) is 4.99 Å². The summed E-state index contributed by atoms with van der Waals surface area (Å²) in [7, 11) is -3.37. The molecule has 0 fully saturated rings. The van der Waals surface area contributed by atoms with Crippen molar-refractivity contribution in [2.45, 2.75) is 19.6 Å². The van der Waals surface area contributed by atoms with Crippen LogP contribution in [0.25, 0.3) is 11.0 Å². The van der Waals surface area contributed by atoms with E-state index < -0.39 is 15.7 Å². The number of ether oxygens (including phenoxy) is 1. The molecule has 1 aliphatic heterocycles. The van der Waals surface area contributed by atoms with Crippen molar-refractivity contribution in [3.63, 3.8) is 0 Å². The minimum atomic E-state index is -3.37. The number of rotatable bonds is 3. The Hall–Kier alpha value is -2.80. The number of nitrogens with one attached hydrogen (secondary N) is 1. The highest BCUT2D eigenvalue weighted by Gasteiger charge is 2.30. The number of hydrogen-bond acceptors (Lipinski definition) is 5. The SMILES string of the molecule is CC1(C)N=C(c2cc3ccccc3o2)c2ccc(NS(C)(=O)=O)cc2O1. The number of aliphatic imine (C=N–C) groups is 1. The predicted molar refractivity (Wildman–Crippen MR) is 101 cm³/mol. The largest absolute Gasteiger partial charge is 0.466 e. The van der Waals surface area contributed by atoms with E-state index in [4.69, 9.17) is 9.15 Å². The molecule has 6 nitrogen and oxygen atoms in total. The van der Waals surface area contributed by atoms with Crippen LogP contribution in [-0.2, 0) is 10.0 Å².